The van der Waals surface area contributed by atoms with Gasteiger partial charge in [-0.05, 0) is 55.0 Å². The molecule has 0 aliphatic carbocycles. The second kappa shape index (κ2) is 11.4. The number of alkyl halides is 3. The number of morpholine rings is 1. The Morgan fingerprint density at radius 2 is 1.82 bits per heavy atom. The van der Waals surface area contributed by atoms with E-state index in [9.17, 15) is 22.8 Å². The summed E-state index contributed by atoms with van der Waals surface area (Å²) in [5, 5.41) is 2.34. The lowest BCUT2D eigenvalue weighted by Gasteiger charge is -2.29. The molecule has 1 N–H and O–H groups in total. The number of nitrogens with one attached hydrogen (secondary N) is 1. The number of hydrogen-bond acceptors (Lipinski definition) is 4. The molecule has 2 amide bonds. The molecule has 2 aromatic carbocycles. The van der Waals surface area contributed by atoms with Crippen LogP contribution in [-0.4, -0.2) is 56.1 Å². The molecule has 1 heterocycles. The van der Waals surface area contributed by atoms with Gasteiger partial charge < -0.3 is 19.9 Å². The van der Waals surface area contributed by atoms with E-state index in [1.807, 2.05) is 12.1 Å². The molecule has 1 aliphatic heterocycles. The van der Waals surface area contributed by atoms with Gasteiger partial charge in [0.25, 0.3) is 0 Å². The highest BCUT2D eigenvalue weighted by Crippen LogP contribution is 2.35. The number of rotatable bonds is 7. The Hall–Kier alpha value is -3.04. The van der Waals surface area contributed by atoms with E-state index in [1.54, 1.807) is 19.1 Å². The zero-order valence-corrected chi connectivity index (χ0v) is 19.3. The van der Waals surface area contributed by atoms with E-state index in [0.29, 0.717) is 18.9 Å². The average molecular weight is 496 g/mol. The highest BCUT2D eigenvalue weighted by molar-refractivity contribution is 6.31. The maximum Gasteiger partial charge on any atom is 0.417 e. The smallest absolute Gasteiger partial charge is 0.378 e. The maximum absolute atomic E-state index is 13.0. The third kappa shape index (κ3) is 6.98. The Labute approximate surface area is 200 Å². The molecule has 34 heavy (non-hydrogen) atoms. The Bertz CT molecular complexity index is 1040. The number of ether oxygens (including phenoxy) is 1. The first kappa shape index (κ1) is 25.6. The van der Waals surface area contributed by atoms with Crippen molar-refractivity contribution in [2.75, 3.05) is 49.6 Å². The number of halogens is 4. The summed E-state index contributed by atoms with van der Waals surface area (Å²) in [4.78, 5) is 28.4. The minimum Gasteiger partial charge on any atom is -0.378 e. The van der Waals surface area contributed by atoms with Crippen LogP contribution in [-0.2, 0) is 20.5 Å². The predicted molar refractivity (Wildman–Crippen MR) is 126 cm³/mol. The van der Waals surface area contributed by atoms with Gasteiger partial charge in [0.05, 0.1) is 23.8 Å². The van der Waals surface area contributed by atoms with Crippen LogP contribution in [0.4, 0.5) is 24.5 Å². The van der Waals surface area contributed by atoms with Crippen LogP contribution in [0.1, 0.15) is 18.1 Å². The Morgan fingerprint density at radius 1 is 1.15 bits per heavy atom. The first-order chi connectivity index (χ1) is 16.2. The van der Waals surface area contributed by atoms with Gasteiger partial charge in [-0.25, -0.2) is 0 Å². The van der Waals surface area contributed by atoms with Crippen molar-refractivity contribution in [3.63, 3.8) is 0 Å². The molecule has 0 radical (unpaired) electrons. The third-order valence-corrected chi connectivity index (χ3v) is 5.60. The van der Waals surface area contributed by atoms with Crippen LogP contribution in [0.2, 0.25) is 5.02 Å². The summed E-state index contributed by atoms with van der Waals surface area (Å²) in [6, 6.07) is 10.8. The minimum absolute atomic E-state index is 0.172. The number of carbonyl (C=O) groups is 2. The van der Waals surface area contributed by atoms with Crippen LogP contribution >= 0.6 is 11.6 Å². The van der Waals surface area contributed by atoms with E-state index in [0.717, 1.165) is 37.0 Å². The van der Waals surface area contributed by atoms with Gasteiger partial charge in [0.1, 0.15) is 6.54 Å². The molecular formula is C24H25ClF3N3O3. The van der Waals surface area contributed by atoms with Crippen molar-refractivity contribution in [2.24, 2.45) is 0 Å². The molecule has 0 saturated carbocycles. The standard InChI is InChI=1S/C24H25ClF3N3O3/c1-2-30(23(33)10-4-17-3-9-21(25)20(15-17)24(26,27)28)16-22(32)29-18-5-7-19(8-6-18)31-11-13-34-14-12-31/h3-10,15H,2,11-14,16H2,1H3,(H,29,32)/b10-4+. The van der Waals surface area contributed by atoms with Gasteiger partial charge in [-0.3, -0.25) is 9.59 Å². The molecule has 10 heteroatoms. The zero-order valence-electron chi connectivity index (χ0n) is 18.6. The first-order valence-electron chi connectivity index (χ1n) is 10.7. The van der Waals surface area contributed by atoms with E-state index in [4.69, 9.17) is 16.3 Å². The lowest BCUT2D eigenvalue weighted by molar-refractivity contribution is -0.137. The maximum atomic E-state index is 13.0. The van der Waals surface area contributed by atoms with E-state index in [2.05, 4.69) is 10.2 Å². The topological polar surface area (TPSA) is 61.9 Å². The summed E-state index contributed by atoms with van der Waals surface area (Å²) in [6.45, 7) is 4.73. The molecule has 2 aromatic rings. The van der Waals surface area contributed by atoms with Crippen LogP contribution in [0.25, 0.3) is 6.08 Å². The van der Waals surface area contributed by atoms with Gasteiger partial charge in [-0.2, -0.15) is 13.2 Å². The number of amides is 2. The van der Waals surface area contributed by atoms with E-state index in [-0.39, 0.29) is 24.6 Å². The van der Waals surface area contributed by atoms with Gasteiger partial charge in [0.2, 0.25) is 11.8 Å². The summed E-state index contributed by atoms with van der Waals surface area (Å²) in [7, 11) is 0. The molecule has 0 atom stereocenters. The number of nitrogens with zero attached hydrogens (tertiary/aromatic N) is 2. The SMILES string of the molecule is CCN(CC(=O)Nc1ccc(N2CCOCC2)cc1)C(=O)/C=C/c1ccc(Cl)c(C(F)(F)F)c1. The quantitative estimate of drug-likeness (QED) is 0.566. The number of hydrogen-bond donors (Lipinski definition) is 1. The highest BCUT2D eigenvalue weighted by Gasteiger charge is 2.33. The van der Waals surface area contributed by atoms with Crippen LogP contribution in [0.5, 0.6) is 0 Å². The van der Waals surface area contributed by atoms with E-state index >= 15 is 0 Å². The van der Waals surface area contributed by atoms with Gasteiger partial charge in [-0.15, -0.1) is 0 Å². The van der Waals surface area contributed by atoms with Crippen molar-refractivity contribution in [3.05, 3.63) is 64.7 Å². The van der Waals surface area contributed by atoms with E-state index in [1.165, 1.54) is 17.0 Å². The lowest BCUT2D eigenvalue weighted by atomic mass is 10.1. The van der Waals surface area contributed by atoms with Crippen LogP contribution in [0, 0.1) is 0 Å². The fourth-order valence-electron chi connectivity index (χ4n) is 3.43. The third-order valence-electron chi connectivity index (χ3n) is 5.27. The molecule has 0 spiro atoms. The van der Waals surface area contributed by atoms with Gasteiger partial charge >= 0.3 is 6.18 Å². The Morgan fingerprint density at radius 3 is 2.44 bits per heavy atom. The molecular weight excluding hydrogens is 471 g/mol. The minimum atomic E-state index is -4.60. The zero-order chi connectivity index (χ0) is 24.7. The fraction of sp³-hybridized carbons (Fsp3) is 0.333. The largest absolute Gasteiger partial charge is 0.417 e. The summed E-state index contributed by atoms with van der Waals surface area (Å²) >= 11 is 5.62. The molecule has 1 fully saturated rings. The van der Waals surface area contributed by atoms with Crippen molar-refractivity contribution in [1.29, 1.82) is 0 Å². The first-order valence-corrected chi connectivity index (χ1v) is 11.1. The fourth-order valence-corrected chi connectivity index (χ4v) is 3.66. The van der Waals surface area contributed by atoms with Crippen LogP contribution < -0.4 is 10.2 Å². The number of carbonyl (C=O) groups excluding carboxylic acids is 2. The summed E-state index contributed by atoms with van der Waals surface area (Å²) in [5.41, 5.74) is 0.829. The summed E-state index contributed by atoms with van der Waals surface area (Å²) < 4.78 is 44.4. The van der Waals surface area contributed by atoms with Crippen LogP contribution in [0.3, 0.4) is 0 Å². The van der Waals surface area contributed by atoms with Crippen molar-refractivity contribution >= 4 is 40.9 Å². The molecule has 0 unspecified atom stereocenters. The second-order valence-electron chi connectivity index (χ2n) is 7.62. The van der Waals surface area contributed by atoms with Crippen molar-refractivity contribution in [1.82, 2.24) is 4.90 Å². The summed E-state index contributed by atoms with van der Waals surface area (Å²) in [6.07, 6.45) is -2.20. The Balaban J connectivity index is 1.57. The monoisotopic (exact) mass is 495 g/mol. The molecule has 182 valence electrons. The highest BCUT2D eigenvalue weighted by atomic mass is 35.5. The molecule has 6 nitrogen and oxygen atoms in total. The molecule has 1 saturated heterocycles. The molecule has 3 rings (SSSR count). The molecule has 0 bridgehead atoms. The number of likely N-dealkylation sites (N-methyl/N-ethyl adjacent to an activating group) is 1. The van der Waals surface area contributed by atoms with Crippen molar-refractivity contribution in [3.8, 4) is 0 Å². The predicted octanol–water partition coefficient (Wildman–Crippen LogP) is 4.70. The van der Waals surface area contributed by atoms with Gasteiger partial charge in [0.15, 0.2) is 0 Å². The number of benzene rings is 2. The van der Waals surface area contributed by atoms with Crippen LogP contribution in [0.15, 0.2) is 48.5 Å². The van der Waals surface area contributed by atoms with E-state index < -0.39 is 22.7 Å². The van der Waals surface area contributed by atoms with Crippen molar-refractivity contribution in [2.45, 2.75) is 13.1 Å². The van der Waals surface area contributed by atoms with Gasteiger partial charge in [0, 0.05) is 37.1 Å². The Kier molecular flexibility index (Phi) is 8.57. The number of anilines is 2. The van der Waals surface area contributed by atoms with Gasteiger partial charge in [-0.1, -0.05) is 17.7 Å². The molecule has 0 aromatic heterocycles. The van der Waals surface area contributed by atoms with Crippen molar-refractivity contribution < 1.29 is 27.5 Å². The summed E-state index contributed by atoms with van der Waals surface area (Å²) in [5.74, 6) is -0.877. The second-order valence-corrected chi connectivity index (χ2v) is 8.02. The molecule has 1 aliphatic rings. The lowest BCUT2D eigenvalue weighted by Crippen LogP contribution is -2.37. The normalized spacial score (nSPS) is 14.3. The average Bonchev–Trinajstić information content (AvgIpc) is 2.82.